The van der Waals surface area contributed by atoms with Crippen molar-refractivity contribution in [3.05, 3.63) is 24.3 Å². The Labute approximate surface area is 330 Å². The Kier molecular flexibility index (Phi) is 30.2. The first kappa shape index (κ1) is 51.3. The molecule has 0 spiro atoms. The van der Waals surface area contributed by atoms with Gasteiger partial charge >= 0.3 is 19.8 Å². The SMILES string of the molecule is CCCC/C=C\C/C=C\CCCCCCCC(=O)OC[C@H](COP(=O)(O)OC1C(O)C(O)C(O)[C@@H](O)C1O)OC(=O)CCCCCCCCCCCCCC. The average Bonchev–Trinajstić information content (AvgIpc) is 3.16. The summed E-state index contributed by atoms with van der Waals surface area (Å²) in [6, 6.07) is 0. The quantitative estimate of drug-likeness (QED) is 0.0164. The number of ether oxygens (including phenoxy) is 2. The van der Waals surface area contributed by atoms with Crippen LogP contribution in [0.2, 0.25) is 0 Å². The Balaban J connectivity index is 2.51. The topological polar surface area (TPSA) is 210 Å². The number of aliphatic hydroxyl groups excluding tert-OH is 5. The molecular formula is C41H75O13P. The number of aliphatic hydroxyl groups is 5. The van der Waals surface area contributed by atoms with Gasteiger partial charge in [-0.1, -0.05) is 141 Å². The summed E-state index contributed by atoms with van der Waals surface area (Å²) in [5, 5.41) is 50.0. The third-order valence-corrected chi connectivity index (χ3v) is 10.8. The third-order valence-electron chi connectivity index (χ3n) is 9.80. The Hall–Kier alpha value is -1.67. The van der Waals surface area contributed by atoms with Crippen molar-refractivity contribution in [3.63, 3.8) is 0 Å². The highest BCUT2D eigenvalue weighted by molar-refractivity contribution is 7.47. The normalized spacial score (nSPS) is 23.3. The molecule has 14 heteroatoms. The van der Waals surface area contributed by atoms with Crippen LogP contribution < -0.4 is 0 Å². The van der Waals surface area contributed by atoms with Crippen LogP contribution in [0.4, 0.5) is 0 Å². The Bertz CT molecular complexity index is 1070. The van der Waals surface area contributed by atoms with E-state index >= 15 is 0 Å². The van der Waals surface area contributed by atoms with Crippen molar-refractivity contribution in [2.75, 3.05) is 13.2 Å². The zero-order valence-corrected chi connectivity index (χ0v) is 34.6. The molecule has 0 radical (unpaired) electrons. The van der Waals surface area contributed by atoms with E-state index in [1.807, 2.05) is 0 Å². The van der Waals surface area contributed by atoms with E-state index in [1.165, 1.54) is 57.8 Å². The van der Waals surface area contributed by atoms with Crippen LogP contribution in [0.15, 0.2) is 24.3 Å². The number of phosphoric acid groups is 1. The van der Waals surface area contributed by atoms with E-state index in [-0.39, 0.29) is 12.8 Å². The van der Waals surface area contributed by atoms with Crippen molar-refractivity contribution in [2.45, 2.75) is 211 Å². The number of allylic oxidation sites excluding steroid dienone is 4. The minimum Gasteiger partial charge on any atom is -0.462 e. The molecule has 0 aromatic rings. The molecule has 1 aliphatic rings. The molecule has 1 fully saturated rings. The predicted octanol–water partition coefficient (Wildman–Crippen LogP) is 7.28. The van der Waals surface area contributed by atoms with Crippen LogP contribution in [0.25, 0.3) is 0 Å². The summed E-state index contributed by atoms with van der Waals surface area (Å²) >= 11 is 0. The smallest absolute Gasteiger partial charge is 0.462 e. The lowest BCUT2D eigenvalue weighted by molar-refractivity contribution is -0.220. The lowest BCUT2D eigenvalue weighted by atomic mass is 9.85. The monoisotopic (exact) mass is 806 g/mol. The molecule has 1 saturated carbocycles. The number of carbonyl (C=O) groups is 2. The van der Waals surface area contributed by atoms with Gasteiger partial charge in [-0.05, 0) is 38.5 Å². The van der Waals surface area contributed by atoms with Crippen LogP contribution in [0.1, 0.15) is 168 Å². The molecule has 0 heterocycles. The van der Waals surface area contributed by atoms with E-state index in [4.69, 9.17) is 18.5 Å². The summed E-state index contributed by atoms with van der Waals surface area (Å²) in [5.74, 6) is -1.11. The molecule has 1 aliphatic carbocycles. The van der Waals surface area contributed by atoms with Gasteiger partial charge in [-0.2, -0.15) is 0 Å². The van der Waals surface area contributed by atoms with Crippen LogP contribution >= 0.6 is 7.82 Å². The van der Waals surface area contributed by atoms with Gasteiger partial charge in [0.15, 0.2) is 6.10 Å². The highest BCUT2D eigenvalue weighted by Gasteiger charge is 2.51. The lowest BCUT2D eigenvalue weighted by Gasteiger charge is -2.41. The fourth-order valence-electron chi connectivity index (χ4n) is 6.30. The maximum atomic E-state index is 12.8. The fourth-order valence-corrected chi connectivity index (χ4v) is 7.28. The molecule has 0 bridgehead atoms. The van der Waals surface area contributed by atoms with Gasteiger partial charge in [0, 0.05) is 12.8 Å². The maximum absolute atomic E-state index is 12.8. The molecule has 55 heavy (non-hydrogen) atoms. The minimum atomic E-state index is -5.11. The highest BCUT2D eigenvalue weighted by atomic mass is 31.2. The molecule has 0 amide bonds. The Morgan fingerprint density at radius 3 is 1.53 bits per heavy atom. The van der Waals surface area contributed by atoms with Gasteiger partial charge < -0.3 is 39.9 Å². The first-order valence-electron chi connectivity index (χ1n) is 21.1. The number of hydrogen-bond acceptors (Lipinski definition) is 12. The first-order chi connectivity index (χ1) is 26.4. The molecule has 8 atom stereocenters. The van der Waals surface area contributed by atoms with E-state index in [1.54, 1.807) is 0 Å². The van der Waals surface area contributed by atoms with Crippen LogP contribution in [0.5, 0.6) is 0 Å². The summed E-state index contributed by atoms with van der Waals surface area (Å²) in [6.45, 7) is 3.22. The standard InChI is InChI=1S/C41H75O13P/c1-3-5-7-9-11-13-15-17-18-20-21-23-25-27-29-34(42)51-31-33(53-35(43)30-28-26-24-22-19-16-14-12-10-8-6-4-2)32-52-55(49,50)54-41-39(47)37(45)36(44)38(46)40(41)48/h9,11,15,17,33,36-41,44-48H,3-8,10,12-14,16,18-32H2,1-2H3,(H,49,50)/b11-9-,17-15-/t33-,36?,37-,38?,39?,40?,41?/m1/s1. The van der Waals surface area contributed by atoms with Crippen LogP contribution in [0.3, 0.4) is 0 Å². The predicted molar refractivity (Wildman–Crippen MR) is 212 cm³/mol. The second-order valence-corrected chi connectivity index (χ2v) is 16.3. The van der Waals surface area contributed by atoms with Crippen molar-refractivity contribution in [1.82, 2.24) is 0 Å². The molecule has 322 valence electrons. The van der Waals surface area contributed by atoms with Gasteiger partial charge in [0.2, 0.25) is 0 Å². The number of rotatable bonds is 34. The van der Waals surface area contributed by atoms with Crippen LogP contribution in [0, 0.1) is 0 Å². The summed E-state index contributed by atoms with van der Waals surface area (Å²) in [4.78, 5) is 35.5. The summed E-state index contributed by atoms with van der Waals surface area (Å²) in [7, 11) is -5.11. The van der Waals surface area contributed by atoms with E-state index < -0.39 is 75.7 Å². The maximum Gasteiger partial charge on any atom is 0.472 e. The second-order valence-electron chi connectivity index (χ2n) is 14.8. The van der Waals surface area contributed by atoms with E-state index in [2.05, 4.69) is 38.2 Å². The second kappa shape index (κ2) is 32.3. The highest BCUT2D eigenvalue weighted by Crippen LogP contribution is 2.47. The van der Waals surface area contributed by atoms with Gasteiger partial charge in [0.1, 0.15) is 43.2 Å². The average molecular weight is 807 g/mol. The molecule has 1 rings (SSSR count). The van der Waals surface area contributed by atoms with E-state index in [0.29, 0.717) is 12.8 Å². The van der Waals surface area contributed by atoms with Gasteiger partial charge in [-0.3, -0.25) is 18.6 Å². The summed E-state index contributed by atoms with van der Waals surface area (Å²) < 4.78 is 33.4. The molecule has 13 nitrogen and oxygen atoms in total. The van der Waals surface area contributed by atoms with Crippen molar-refractivity contribution in [2.24, 2.45) is 0 Å². The van der Waals surface area contributed by atoms with Gasteiger partial charge in [-0.25, -0.2) is 4.57 Å². The van der Waals surface area contributed by atoms with Crippen molar-refractivity contribution in [3.8, 4) is 0 Å². The van der Waals surface area contributed by atoms with Gasteiger partial charge in [-0.15, -0.1) is 0 Å². The molecule has 6 unspecified atom stereocenters. The summed E-state index contributed by atoms with van der Waals surface area (Å²) in [6.07, 6.45) is 19.6. The number of phosphoric ester groups is 1. The van der Waals surface area contributed by atoms with Crippen molar-refractivity contribution >= 4 is 19.8 Å². The minimum absolute atomic E-state index is 0.0968. The molecular weight excluding hydrogens is 731 g/mol. The molecule has 0 aromatic heterocycles. The number of unbranched alkanes of at least 4 members (excludes halogenated alkanes) is 18. The zero-order valence-electron chi connectivity index (χ0n) is 33.7. The molecule has 0 aliphatic heterocycles. The largest absolute Gasteiger partial charge is 0.472 e. The Morgan fingerprint density at radius 2 is 1.00 bits per heavy atom. The summed E-state index contributed by atoms with van der Waals surface area (Å²) in [5.41, 5.74) is 0. The zero-order chi connectivity index (χ0) is 40.7. The van der Waals surface area contributed by atoms with E-state index in [9.17, 15) is 44.6 Å². The number of carbonyl (C=O) groups excluding carboxylic acids is 2. The lowest BCUT2D eigenvalue weighted by Crippen LogP contribution is -2.64. The van der Waals surface area contributed by atoms with Crippen LogP contribution in [-0.2, 0) is 32.7 Å². The first-order valence-corrected chi connectivity index (χ1v) is 22.6. The third kappa shape index (κ3) is 25.3. The number of esters is 2. The van der Waals surface area contributed by atoms with Crippen LogP contribution in [-0.4, -0.2) is 98.3 Å². The van der Waals surface area contributed by atoms with Gasteiger partial charge in [0.25, 0.3) is 0 Å². The number of hydrogen-bond donors (Lipinski definition) is 6. The molecule has 0 aromatic carbocycles. The molecule has 0 saturated heterocycles. The molecule has 6 N–H and O–H groups in total. The van der Waals surface area contributed by atoms with Crippen molar-refractivity contribution < 1.29 is 63.1 Å². The fraction of sp³-hybridized carbons (Fsp3) is 0.854. The van der Waals surface area contributed by atoms with E-state index in [0.717, 1.165) is 70.6 Å². The van der Waals surface area contributed by atoms with Crippen molar-refractivity contribution in [1.29, 1.82) is 0 Å². The Morgan fingerprint density at radius 1 is 0.564 bits per heavy atom. The van der Waals surface area contributed by atoms with Gasteiger partial charge in [0.05, 0.1) is 6.61 Å².